The van der Waals surface area contributed by atoms with Gasteiger partial charge < -0.3 is 5.32 Å². The number of benzene rings is 1. The second kappa shape index (κ2) is 5.14. The largest absolute Gasteiger partial charge is 0.323 e. The summed E-state index contributed by atoms with van der Waals surface area (Å²) in [5, 5.41) is 6.98. The zero-order valence-electron chi connectivity index (χ0n) is 9.35. The Bertz CT molecular complexity index is 536. The van der Waals surface area contributed by atoms with Gasteiger partial charge >= 0.3 is 0 Å². The first-order valence-electron chi connectivity index (χ1n) is 5.19. The van der Waals surface area contributed by atoms with Gasteiger partial charge in [-0.05, 0) is 41.1 Å². The summed E-state index contributed by atoms with van der Waals surface area (Å²) in [4.78, 5) is 11.8. The summed E-state index contributed by atoms with van der Waals surface area (Å²) < 4.78 is 2.48. The zero-order valence-corrected chi connectivity index (χ0v) is 10.9. The van der Waals surface area contributed by atoms with E-state index in [-0.39, 0.29) is 12.5 Å². The van der Waals surface area contributed by atoms with Crippen molar-refractivity contribution < 1.29 is 4.79 Å². The lowest BCUT2D eigenvalue weighted by atomic mass is 10.3. The van der Waals surface area contributed by atoms with Crippen LogP contribution in [-0.4, -0.2) is 15.7 Å². The van der Waals surface area contributed by atoms with Crippen molar-refractivity contribution in [2.75, 3.05) is 5.32 Å². The van der Waals surface area contributed by atoms with Crippen LogP contribution in [0.1, 0.15) is 5.69 Å². The van der Waals surface area contributed by atoms with Crippen molar-refractivity contribution in [1.29, 1.82) is 0 Å². The number of aromatic nitrogens is 2. The van der Waals surface area contributed by atoms with Gasteiger partial charge in [-0.2, -0.15) is 5.10 Å². The van der Waals surface area contributed by atoms with Crippen LogP contribution in [0.5, 0.6) is 0 Å². The topological polar surface area (TPSA) is 46.9 Å². The lowest BCUT2D eigenvalue weighted by Gasteiger charge is -2.06. The average Bonchev–Trinajstić information content (AvgIpc) is 2.67. The smallest absolute Gasteiger partial charge is 0.246 e. The molecule has 17 heavy (non-hydrogen) atoms. The minimum Gasteiger partial charge on any atom is -0.323 e. The van der Waals surface area contributed by atoms with E-state index in [0.717, 1.165) is 15.9 Å². The fourth-order valence-corrected chi connectivity index (χ4v) is 1.83. The van der Waals surface area contributed by atoms with Gasteiger partial charge in [-0.3, -0.25) is 9.48 Å². The van der Waals surface area contributed by atoms with E-state index in [2.05, 4.69) is 26.3 Å². The lowest BCUT2D eigenvalue weighted by Crippen LogP contribution is -2.19. The van der Waals surface area contributed by atoms with Gasteiger partial charge in [0, 0.05) is 10.7 Å². The van der Waals surface area contributed by atoms with E-state index in [1.807, 2.05) is 37.3 Å². The SMILES string of the molecule is Cc1ccn(CC(=O)Nc2ccccc2Br)n1. The Morgan fingerprint density at radius 2 is 2.18 bits per heavy atom. The third-order valence-electron chi connectivity index (χ3n) is 2.23. The summed E-state index contributed by atoms with van der Waals surface area (Å²) in [6, 6.07) is 9.37. The van der Waals surface area contributed by atoms with Gasteiger partial charge in [-0.1, -0.05) is 12.1 Å². The van der Waals surface area contributed by atoms with E-state index in [0.29, 0.717) is 0 Å². The molecular formula is C12H12BrN3O. The molecule has 1 N–H and O–H groups in total. The average molecular weight is 294 g/mol. The highest BCUT2D eigenvalue weighted by Crippen LogP contribution is 2.20. The van der Waals surface area contributed by atoms with E-state index < -0.39 is 0 Å². The molecule has 1 aromatic heterocycles. The number of amides is 1. The summed E-state index contributed by atoms with van der Waals surface area (Å²) in [5.41, 5.74) is 1.67. The molecule has 2 rings (SSSR count). The molecule has 5 heteroatoms. The van der Waals surface area contributed by atoms with Crippen LogP contribution in [0.4, 0.5) is 5.69 Å². The minimum absolute atomic E-state index is 0.0972. The highest BCUT2D eigenvalue weighted by Gasteiger charge is 2.06. The van der Waals surface area contributed by atoms with Crippen LogP contribution < -0.4 is 5.32 Å². The third kappa shape index (κ3) is 3.17. The zero-order chi connectivity index (χ0) is 12.3. The van der Waals surface area contributed by atoms with Gasteiger partial charge in [0.05, 0.1) is 11.4 Å². The molecule has 0 saturated heterocycles. The number of aryl methyl sites for hydroxylation is 1. The molecule has 1 aromatic carbocycles. The summed E-state index contributed by atoms with van der Waals surface area (Å²) in [7, 11) is 0. The Balaban J connectivity index is 2.01. The Hall–Kier alpha value is -1.62. The molecule has 88 valence electrons. The van der Waals surface area contributed by atoms with Crippen LogP contribution in [0.2, 0.25) is 0 Å². The van der Waals surface area contributed by atoms with Crippen molar-refractivity contribution >= 4 is 27.5 Å². The molecule has 0 saturated carbocycles. The fraction of sp³-hybridized carbons (Fsp3) is 0.167. The molecule has 2 aromatic rings. The summed E-state index contributed by atoms with van der Waals surface area (Å²) >= 11 is 3.38. The van der Waals surface area contributed by atoms with Crippen molar-refractivity contribution in [2.45, 2.75) is 13.5 Å². The number of anilines is 1. The van der Waals surface area contributed by atoms with Crippen molar-refractivity contribution in [3.63, 3.8) is 0 Å². The predicted molar refractivity (Wildman–Crippen MR) is 69.7 cm³/mol. The van der Waals surface area contributed by atoms with Gasteiger partial charge in [0.1, 0.15) is 6.54 Å². The Kier molecular flexibility index (Phi) is 3.58. The fourth-order valence-electron chi connectivity index (χ4n) is 1.45. The first kappa shape index (κ1) is 11.9. The van der Waals surface area contributed by atoms with Crippen molar-refractivity contribution in [2.24, 2.45) is 0 Å². The number of halogens is 1. The van der Waals surface area contributed by atoms with Crippen molar-refractivity contribution in [1.82, 2.24) is 9.78 Å². The Morgan fingerprint density at radius 3 is 2.82 bits per heavy atom. The molecule has 0 aliphatic heterocycles. The minimum atomic E-state index is -0.0972. The summed E-state index contributed by atoms with van der Waals surface area (Å²) in [6.07, 6.45) is 1.79. The number of nitrogens with zero attached hydrogens (tertiary/aromatic N) is 2. The number of carbonyl (C=O) groups is 1. The molecule has 0 spiro atoms. The maximum Gasteiger partial charge on any atom is 0.246 e. The van der Waals surface area contributed by atoms with E-state index in [1.165, 1.54) is 0 Å². The van der Waals surface area contributed by atoms with E-state index in [9.17, 15) is 4.79 Å². The van der Waals surface area contributed by atoms with Crippen LogP contribution >= 0.6 is 15.9 Å². The molecule has 0 aliphatic carbocycles. The van der Waals surface area contributed by atoms with E-state index in [4.69, 9.17) is 0 Å². The molecule has 0 atom stereocenters. The van der Waals surface area contributed by atoms with Crippen molar-refractivity contribution in [3.8, 4) is 0 Å². The molecule has 0 radical (unpaired) electrons. The summed E-state index contributed by atoms with van der Waals surface area (Å²) in [5.74, 6) is -0.0972. The van der Waals surface area contributed by atoms with Gasteiger partial charge in [0.2, 0.25) is 5.91 Å². The van der Waals surface area contributed by atoms with E-state index >= 15 is 0 Å². The normalized spacial score (nSPS) is 10.2. The number of rotatable bonds is 3. The van der Waals surface area contributed by atoms with E-state index in [1.54, 1.807) is 10.9 Å². The first-order chi connectivity index (χ1) is 8.15. The molecule has 0 aliphatic rings. The van der Waals surface area contributed by atoms with Crippen LogP contribution in [0.15, 0.2) is 41.0 Å². The summed E-state index contributed by atoms with van der Waals surface area (Å²) in [6.45, 7) is 2.11. The monoisotopic (exact) mass is 293 g/mol. The van der Waals surface area contributed by atoms with Crippen LogP contribution in [0, 0.1) is 6.92 Å². The maximum atomic E-state index is 11.8. The molecular weight excluding hydrogens is 282 g/mol. The molecule has 0 bridgehead atoms. The van der Waals surface area contributed by atoms with Gasteiger partial charge in [0.25, 0.3) is 0 Å². The van der Waals surface area contributed by atoms with Crippen molar-refractivity contribution in [3.05, 3.63) is 46.7 Å². The second-order valence-corrected chi connectivity index (χ2v) is 4.54. The van der Waals surface area contributed by atoms with Crippen LogP contribution in [0.25, 0.3) is 0 Å². The third-order valence-corrected chi connectivity index (χ3v) is 2.92. The second-order valence-electron chi connectivity index (χ2n) is 3.68. The molecule has 1 amide bonds. The highest BCUT2D eigenvalue weighted by atomic mass is 79.9. The Labute approximate surface area is 108 Å². The standard InChI is InChI=1S/C12H12BrN3O/c1-9-6-7-16(15-9)8-12(17)14-11-5-3-2-4-10(11)13/h2-7H,8H2,1H3,(H,14,17). The maximum absolute atomic E-state index is 11.8. The lowest BCUT2D eigenvalue weighted by molar-refractivity contribution is -0.116. The van der Waals surface area contributed by atoms with Crippen LogP contribution in [0.3, 0.4) is 0 Å². The number of para-hydroxylation sites is 1. The van der Waals surface area contributed by atoms with Gasteiger partial charge in [-0.25, -0.2) is 0 Å². The predicted octanol–water partition coefficient (Wildman–Crippen LogP) is 2.59. The number of nitrogens with one attached hydrogen (secondary N) is 1. The molecule has 0 fully saturated rings. The van der Waals surface area contributed by atoms with Gasteiger partial charge in [-0.15, -0.1) is 0 Å². The quantitative estimate of drug-likeness (QED) is 0.945. The molecule has 4 nitrogen and oxygen atoms in total. The van der Waals surface area contributed by atoms with Crippen LogP contribution in [-0.2, 0) is 11.3 Å². The first-order valence-corrected chi connectivity index (χ1v) is 5.99. The van der Waals surface area contributed by atoms with Gasteiger partial charge in [0.15, 0.2) is 0 Å². The number of hydrogen-bond donors (Lipinski definition) is 1. The molecule has 0 unspecified atom stereocenters. The number of carbonyl (C=O) groups excluding carboxylic acids is 1. The Morgan fingerprint density at radius 1 is 1.41 bits per heavy atom. The highest BCUT2D eigenvalue weighted by molar-refractivity contribution is 9.10. The molecule has 1 heterocycles. The number of hydrogen-bond acceptors (Lipinski definition) is 2.